The number of ketones is 1. The van der Waals surface area contributed by atoms with Gasteiger partial charge in [0.05, 0.1) is 4.75 Å². The van der Waals surface area contributed by atoms with Gasteiger partial charge in [-0.05, 0) is 44.1 Å². The second-order valence-corrected chi connectivity index (χ2v) is 5.80. The maximum atomic E-state index is 12.3. The minimum Gasteiger partial charge on any atom is -0.293 e. The zero-order valence-corrected chi connectivity index (χ0v) is 9.93. The van der Waals surface area contributed by atoms with Crippen molar-refractivity contribution >= 4 is 17.5 Å². The Morgan fingerprint density at radius 2 is 2.40 bits per heavy atom. The Balaban J connectivity index is 2.32. The van der Waals surface area contributed by atoms with E-state index < -0.39 is 0 Å². The van der Waals surface area contributed by atoms with Gasteiger partial charge >= 0.3 is 0 Å². The van der Waals surface area contributed by atoms with Gasteiger partial charge in [-0.2, -0.15) is 0 Å². The normalized spacial score (nSPS) is 25.5. The van der Waals surface area contributed by atoms with E-state index in [-0.39, 0.29) is 10.5 Å². The lowest BCUT2D eigenvalue weighted by Crippen LogP contribution is -2.29. The minimum atomic E-state index is -0.214. The van der Waals surface area contributed by atoms with E-state index in [9.17, 15) is 4.79 Å². The molecule has 0 aromatic carbocycles. The van der Waals surface area contributed by atoms with Gasteiger partial charge in [-0.15, -0.1) is 11.8 Å². The number of rotatable bonds is 2. The molecule has 2 heterocycles. The van der Waals surface area contributed by atoms with Crippen molar-refractivity contribution < 1.29 is 4.79 Å². The molecule has 0 radical (unpaired) electrons. The molecule has 1 unspecified atom stereocenters. The fourth-order valence-corrected chi connectivity index (χ4v) is 3.21. The van der Waals surface area contributed by atoms with E-state index >= 15 is 0 Å². The first-order valence-electron chi connectivity index (χ1n) is 5.23. The van der Waals surface area contributed by atoms with E-state index in [1.165, 1.54) is 0 Å². The number of carbonyl (C=O) groups is 1. The molecule has 1 saturated heterocycles. The molecule has 0 amide bonds. The number of aryl methyl sites for hydroxylation is 1. The molecule has 1 aliphatic rings. The predicted octanol–water partition coefficient (Wildman–Crippen LogP) is 2.86. The molecule has 1 aliphatic heterocycles. The quantitative estimate of drug-likeness (QED) is 0.719. The molecule has 0 N–H and O–H groups in total. The van der Waals surface area contributed by atoms with Crippen LogP contribution < -0.4 is 0 Å². The number of hydrogen-bond donors (Lipinski definition) is 0. The van der Waals surface area contributed by atoms with Crippen LogP contribution in [-0.2, 0) is 0 Å². The Bertz CT molecular complexity index is 383. The SMILES string of the molecule is Cc1ccncc1C(=O)C1(C)CCCS1. The zero-order valence-electron chi connectivity index (χ0n) is 9.12. The summed E-state index contributed by atoms with van der Waals surface area (Å²) in [6.45, 7) is 4.03. The standard InChI is InChI=1S/C12H15NOS/c1-9-4-6-13-8-10(9)11(14)12(2)5-3-7-15-12/h4,6,8H,3,5,7H2,1-2H3. The molecule has 2 rings (SSSR count). The van der Waals surface area contributed by atoms with Crippen molar-refractivity contribution in [1.29, 1.82) is 0 Å². The van der Waals surface area contributed by atoms with Crippen LogP contribution in [0.15, 0.2) is 18.5 Å². The molecule has 0 saturated carbocycles. The fourth-order valence-electron chi connectivity index (χ4n) is 1.94. The van der Waals surface area contributed by atoms with Gasteiger partial charge in [-0.25, -0.2) is 0 Å². The van der Waals surface area contributed by atoms with Crippen LogP contribution in [0.4, 0.5) is 0 Å². The van der Waals surface area contributed by atoms with E-state index in [1.54, 1.807) is 24.2 Å². The lowest BCUT2D eigenvalue weighted by Gasteiger charge is -2.21. The lowest BCUT2D eigenvalue weighted by molar-refractivity contribution is 0.0948. The minimum absolute atomic E-state index is 0.214. The largest absolute Gasteiger partial charge is 0.293 e. The lowest BCUT2D eigenvalue weighted by atomic mass is 9.93. The molecule has 80 valence electrons. The van der Waals surface area contributed by atoms with Gasteiger partial charge in [-0.3, -0.25) is 9.78 Å². The summed E-state index contributed by atoms with van der Waals surface area (Å²) in [5, 5.41) is 0. The van der Waals surface area contributed by atoms with Gasteiger partial charge in [0.2, 0.25) is 0 Å². The van der Waals surface area contributed by atoms with Crippen molar-refractivity contribution in [2.24, 2.45) is 0 Å². The van der Waals surface area contributed by atoms with Gasteiger partial charge < -0.3 is 0 Å². The number of pyridine rings is 1. The van der Waals surface area contributed by atoms with E-state index in [0.717, 1.165) is 29.7 Å². The van der Waals surface area contributed by atoms with Crippen LogP contribution in [0.3, 0.4) is 0 Å². The van der Waals surface area contributed by atoms with Crippen LogP contribution in [-0.4, -0.2) is 21.3 Å². The Kier molecular flexibility index (Phi) is 2.83. The summed E-state index contributed by atoms with van der Waals surface area (Å²) in [7, 11) is 0. The fraction of sp³-hybridized carbons (Fsp3) is 0.500. The molecule has 0 aliphatic carbocycles. The average Bonchev–Trinajstić information content (AvgIpc) is 2.66. The third-order valence-electron chi connectivity index (χ3n) is 2.98. The van der Waals surface area contributed by atoms with Crippen molar-refractivity contribution in [3.05, 3.63) is 29.6 Å². The summed E-state index contributed by atoms with van der Waals surface area (Å²) in [5.74, 6) is 1.34. The highest BCUT2D eigenvalue weighted by molar-refractivity contribution is 8.01. The third kappa shape index (κ3) is 1.93. The number of hydrogen-bond acceptors (Lipinski definition) is 3. The monoisotopic (exact) mass is 221 g/mol. The number of nitrogens with zero attached hydrogens (tertiary/aromatic N) is 1. The van der Waals surface area contributed by atoms with E-state index in [1.807, 2.05) is 13.0 Å². The summed E-state index contributed by atoms with van der Waals surface area (Å²) in [6, 6.07) is 1.90. The predicted molar refractivity (Wildman–Crippen MR) is 63.4 cm³/mol. The number of thioether (sulfide) groups is 1. The molecule has 0 bridgehead atoms. The smallest absolute Gasteiger partial charge is 0.180 e. The first-order chi connectivity index (χ1) is 7.13. The van der Waals surface area contributed by atoms with Gasteiger partial charge in [-0.1, -0.05) is 0 Å². The maximum absolute atomic E-state index is 12.3. The molecule has 2 nitrogen and oxygen atoms in total. The van der Waals surface area contributed by atoms with Crippen LogP contribution in [0.1, 0.15) is 35.7 Å². The molecular weight excluding hydrogens is 206 g/mol. The molecule has 15 heavy (non-hydrogen) atoms. The van der Waals surface area contributed by atoms with Gasteiger partial charge in [0.1, 0.15) is 0 Å². The van der Waals surface area contributed by atoms with Gasteiger partial charge in [0, 0.05) is 18.0 Å². The molecule has 1 atom stereocenters. The van der Waals surface area contributed by atoms with Crippen LogP contribution in [0.25, 0.3) is 0 Å². The van der Waals surface area contributed by atoms with Crippen molar-refractivity contribution in [2.75, 3.05) is 5.75 Å². The molecule has 3 heteroatoms. The molecule has 1 fully saturated rings. The molecule has 1 aromatic rings. The molecular formula is C12H15NOS. The van der Waals surface area contributed by atoms with E-state index in [4.69, 9.17) is 0 Å². The second kappa shape index (κ2) is 3.97. The highest BCUT2D eigenvalue weighted by Crippen LogP contribution is 2.40. The number of carbonyl (C=O) groups excluding carboxylic acids is 1. The number of aromatic nitrogens is 1. The van der Waals surface area contributed by atoms with Gasteiger partial charge in [0.25, 0.3) is 0 Å². The van der Waals surface area contributed by atoms with Crippen molar-refractivity contribution in [3.63, 3.8) is 0 Å². The van der Waals surface area contributed by atoms with Crippen LogP contribution in [0.5, 0.6) is 0 Å². The Labute approximate surface area is 94.5 Å². The third-order valence-corrected chi connectivity index (χ3v) is 4.50. The summed E-state index contributed by atoms with van der Waals surface area (Å²) in [5.41, 5.74) is 1.82. The van der Waals surface area contributed by atoms with Crippen LogP contribution >= 0.6 is 11.8 Å². The Morgan fingerprint density at radius 1 is 1.60 bits per heavy atom. The highest BCUT2D eigenvalue weighted by Gasteiger charge is 2.38. The Morgan fingerprint density at radius 3 is 3.00 bits per heavy atom. The summed E-state index contributed by atoms with van der Waals surface area (Å²) in [4.78, 5) is 16.4. The van der Waals surface area contributed by atoms with Crippen molar-refractivity contribution in [1.82, 2.24) is 4.98 Å². The number of Topliss-reactive ketones (excluding diaryl/α,β-unsaturated/α-hetero) is 1. The van der Waals surface area contributed by atoms with E-state index in [2.05, 4.69) is 11.9 Å². The first kappa shape index (κ1) is 10.7. The topological polar surface area (TPSA) is 30.0 Å². The Hall–Kier alpha value is -0.830. The second-order valence-electron chi connectivity index (χ2n) is 4.20. The van der Waals surface area contributed by atoms with Crippen LogP contribution in [0.2, 0.25) is 0 Å². The molecule has 0 spiro atoms. The summed E-state index contributed by atoms with van der Waals surface area (Å²) < 4.78 is -0.214. The molecule has 1 aromatic heterocycles. The average molecular weight is 221 g/mol. The highest BCUT2D eigenvalue weighted by atomic mass is 32.2. The zero-order chi connectivity index (χ0) is 10.9. The summed E-state index contributed by atoms with van der Waals surface area (Å²) in [6.07, 6.45) is 5.56. The van der Waals surface area contributed by atoms with Crippen molar-refractivity contribution in [3.8, 4) is 0 Å². The maximum Gasteiger partial charge on any atom is 0.180 e. The summed E-state index contributed by atoms with van der Waals surface area (Å²) >= 11 is 1.78. The van der Waals surface area contributed by atoms with Gasteiger partial charge in [0.15, 0.2) is 5.78 Å². The van der Waals surface area contributed by atoms with Crippen molar-refractivity contribution in [2.45, 2.75) is 31.4 Å². The first-order valence-corrected chi connectivity index (χ1v) is 6.21. The van der Waals surface area contributed by atoms with Crippen LogP contribution in [0, 0.1) is 6.92 Å². The van der Waals surface area contributed by atoms with E-state index in [0.29, 0.717) is 0 Å².